The summed E-state index contributed by atoms with van der Waals surface area (Å²) in [5.74, 6) is 0. The molecule has 2 heteroatoms. The summed E-state index contributed by atoms with van der Waals surface area (Å²) in [6.45, 7) is 9.59. The van der Waals surface area contributed by atoms with Crippen LogP contribution in [0.4, 0.5) is 17.1 Å². The molecule has 0 saturated heterocycles. The largest absolute Gasteiger partial charge is 0.310 e. The highest BCUT2D eigenvalue weighted by molar-refractivity contribution is 7.26. The van der Waals surface area contributed by atoms with E-state index in [0.29, 0.717) is 0 Å². The third-order valence-electron chi connectivity index (χ3n) is 13.6. The quantitative estimate of drug-likeness (QED) is 0.168. The highest BCUT2D eigenvalue weighted by atomic mass is 32.1. The molecule has 0 unspecified atom stereocenters. The molecule has 286 valence electrons. The topological polar surface area (TPSA) is 3.24 Å². The first kappa shape index (κ1) is 35.2. The van der Waals surface area contributed by atoms with Crippen molar-refractivity contribution in [1.82, 2.24) is 0 Å². The van der Waals surface area contributed by atoms with Crippen LogP contribution >= 0.6 is 11.3 Å². The minimum Gasteiger partial charge on any atom is -0.310 e. The Morgan fingerprint density at radius 1 is 0.383 bits per heavy atom. The average Bonchev–Trinajstić information content (AvgIpc) is 3.87. The summed E-state index contributed by atoms with van der Waals surface area (Å²) in [4.78, 5) is 2.53. The summed E-state index contributed by atoms with van der Waals surface area (Å²) >= 11 is 1.89. The van der Waals surface area contributed by atoms with Gasteiger partial charge in [-0.15, -0.1) is 11.3 Å². The molecule has 0 atom stereocenters. The maximum absolute atomic E-state index is 2.53. The monoisotopic (exact) mass is 785 g/mol. The fraction of sp³-hybridized carbons (Fsp3) is 0.103. The first-order valence-corrected chi connectivity index (χ1v) is 21.9. The lowest BCUT2D eigenvalue weighted by Gasteiger charge is -2.30. The van der Waals surface area contributed by atoms with Gasteiger partial charge in [-0.1, -0.05) is 173 Å². The van der Waals surface area contributed by atoms with Gasteiger partial charge in [-0.05, 0) is 114 Å². The lowest BCUT2D eigenvalue weighted by molar-refractivity contribution is 0.660. The Morgan fingerprint density at radius 2 is 1.00 bits per heavy atom. The van der Waals surface area contributed by atoms with E-state index in [1.165, 1.54) is 103 Å². The second-order valence-corrected chi connectivity index (χ2v) is 18.7. The Kier molecular flexibility index (Phi) is 7.56. The van der Waals surface area contributed by atoms with Crippen LogP contribution in [0.1, 0.15) is 49.9 Å². The zero-order valence-electron chi connectivity index (χ0n) is 34.3. The van der Waals surface area contributed by atoms with Gasteiger partial charge >= 0.3 is 0 Å². The number of nitrogens with zero attached hydrogens (tertiary/aromatic N) is 1. The maximum atomic E-state index is 2.53. The van der Waals surface area contributed by atoms with Crippen LogP contribution in [0.3, 0.4) is 0 Å². The van der Waals surface area contributed by atoms with E-state index in [0.717, 1.165) is 11.4 Å². The third-order valence-corrected chi connectivity index (χ3v) is 14.9. The number of hydrogen-bond donors (Lipinski definition) is 0. The van der Waals surface area contributed by atoms with E-state index in [4.69, 9.17) is 0 Å². The number of anilines is 3. The molecule has 1 nitrogen and oxygen atoms in total. The number of rotatable bonds is 5. The summed E-state index contributed by atoms with van der Waals surface area (Å²) in [6, 6.07) is 70.4. The molecular formula is C58H43NS. The first-order valence-electron chi connectivity index (χ1n) is 21.1. The minimum atomic E-state index is -0.213. The van der Waals surface area contributed by atoms with Crippen molar-refractivity contribution in [3.63, 3.8) is 0 Å². The SMILES string of the molecule is CC1(C)c2ccccc2-c2ccc(N(c3ccc(-c4cccc5c4sc4ccccc45)cc3)c3cccc4c3-c3cc(-c5ccccc5)c5ccccc5c3C4(C)C)cc21. The summed E-state index contributed by atoms with van der Waals surface area (Å²) in [6.07, 6.45) is 0. The molecule has 0 radical (unpaired) electrons. The molecular weight excluding hydrogens is 743 g/mol. The van der Waals surface area contributed by atoms with Gasteiger partial charge in [0, 0.05) is 47.9 Å². The predicted octanol–water partition coefficient (Wildman–Crippen LogP) is 16.6. The first-order chi connectivity index (χ1) is 29.3. The molecule has 0 aliphatic heterocycles. The normalized spacial score (nSPS) is 14.3. The van der Waals surface area contributed by atoms with E-state index >= 15 is 0 Å². The van der Waals surface area contributed by atoms with Crippen molar-refractivity contribution >= 4 is 59.3 Å². The molecule has 60 heavy (non-hydrogen) atoms. The number of thiophene rings is 1. The molecule has 0 saturated carbocycles. The predicted molar refractivity (Wildman–Crippen MR) is 258 cm³/mol. The highest BCUT2D eigenvalue weighted by Crippen LogP contribution is 2.58. The molecule has 1 aromatic heterocycles. The van der Waals surface area contributed by atoms with Crippen LogP contribution in [0.25, 0.3) is 75.5 Å². The zero-order chi connectivity index (χ0) is 40.3. The van der Waals surface area contributed by atoms with Gasteiger partial charge in [0.25, 0.3) is 0 Å². The Hall–Kier alpha value is -6.74. The van der Waals surface area contributed by atoms with Gasteiger partial charge in [-0.25, -0.2) is 0 Å². The standard InChI is InChI=1S/C58H43NS/c1-57(2)49-24-12-10-19-42(49)43-33-32-39(34-51(43)57)59(38-30-28-37(29-31-38)40-22-14-23-46-44-20-11-13-27-53(44)60-56(40)46)52-26-15-25-50-54(52)48-35-47(36-16-6-5-7-17-36)41-18-8-9-21-45(41)55(48)58(50,3)4/h5-35H,1-4H3. The molecule has 0 N–H and O–H groups in total. The molecule has 12 rings (SSSR count). The second-order valence-electron chi connectivity index (χ2n) is 17.6. The summed E-state index contributed by atoms with van der Waals surface area (Å²) in [5.41, 5.74) is 19.0. The number of hydrogen-bond acceptors (Lipinski definition) is 2. The molecule has 2 aliphatic carbocycles. The van der Waals surface area contributed by atoms with E-state index in [9.17, 15) is 0 Å². The van der Waals surface area contributed by atoms with Crippen LogP contribution in [0, 0.1) is 0 Å². The summed E-state index contributed by atoms with van der Waals surface area (Å²) in [7, 11) is 0. The van der Waals surface area contributed by atoms with Crippen LogP contribution in [0.5, 0.6) is 0 Å². The van der Waals surface area contributed by atoms with E-state index < -0.39 is 0 Å². The van der Waals surface area contributed by atoms with E-state index in [1.54, 1.807) is 0 Å². The van der Waals surface area contributed by atoms with Gasteiger partial charge < -0.3 is 4.90 Å². The Labute approximate surface area is 355 Å². The average molecular weight is 786 g/mol. The van der Waals surface area contributed by atoms with E-state index in [1.807, 2.05) is 11.3 Å². The van der Waals surface area contributed by atoms with Crippen LogP contribution in [-0.2, 0) is 10.8 Å². The third kappa shape index (κ3) is 4.98. The van der Waals surface area contributed by atoms with Crippen LogP contribution in [0.15, 0.2) is 188 Å². The number of fused-ring (bicyclic) bond motifs is 11. The van der Waals surface area contributed by atoms with Crippen molar-refractivity contribution in [3.05, 3.63) is 210 Å². The minimum absolute atomic E-state index is 0.128. The number of benzene rings is 9. The molecule has 0 bridgehead atoms. The van der Waals surface area contributed by atoms with E-state index in [2.05, 4.69) is 221 Å². The molecule has 1 heterocycles. The van der Waals surface area contributed by atoms with Crippen molar-refractivity contribution in [2.75, 3.05) is 4.90 Å². The Morgan fingerprint density at radius 3 is 1.83 bits per heavy atom. The highest BCUT2D eigenvalue weighted by Gasteiger charge is 2.41. The van der Waals surface area contributed by atoms with Crippen molar-refractivity contribution in [1.29, 1.82) is 0 Å². The molecule has 0 amide bonds. The Balaban J connectivity index is 1.09. The van der Waals surface area contributed by atoms with Crippen LogP contribution < -0.4 is 4.90 Å². The van der Waals surface area contributed by atoms with Gasteiger partial charge in [-0.2, -0.15) is 0 Å². The summed E-state index contributed by atoms with van der Waals surface area (Å²) < 4.78 is 2.67. The smallest absolute Gasteiger partial charge is 0.0543 e. The van der Waals surface area contributed by atoms with Crippen LogP contribution in [-0.4, -0.2) is 0 Å². The molecule has 10 aromatic rings. The zero-order valence-corrected chi connectivity index (χ0v) is 35.1. The lowest BCUT2D eigenvalue weighted by Crippen LogP contribution is -2.17. The second kappa shape index (κ2) is 12.9. The fourth-order valence-corrected chi connectivity index (χ4v) is 12.0. The molecule has 2 aliphatic rings. The summed E-state index contributed by atoms with van der Waals surface area (Å²) in [5, 5.41) is 5.27. The molecule has 0 spiro atoms. The van der Waals surface area contributed by atoms with Crippen molar-refractivity contribution < 1.29 is 0 Å². The van der Waals surface area contributed by atoms with Gasteiger partial charge in [0.1, 0.15) is 0 Å². The lowest BCUT2D eigenvalue weighted by atomic mass is 9.79. The van der Waals surface area contributed by atoms with Gasteiger partial charge in [0.05, 0.1) is 5.69 Å². The molecule has 9 aromatic carbocycles. The van der Waals surface area contributed by atoms with Gasteiger partial charge in [-0.3, -0.25) is 0 Å². The van der Waals surface area contributed by atoms with Crippen molar-refractivity contribution in [3.8, 4) is 44.5 Å². The maximum Gasteiger partial charge on any atom is 0.0543 e. The van der Waals surface area contributed by atoms with Gasteiger partial charge in [0.15, 0.2) is 0 Å². The van der Waals surface area contributed by atoms with Crippen LogP contribution in [0.2, 0.25) is 0 Å². The van der Waals surface area contributed by atoms with Crippen molar-refractivity contribution in [2.45, 2.75) is 38.5 Å². The van der Waals surface area contributed by atoms with Gasteiger partial charge in [0.2, 0.25) is 0 Å². The Bertz CT molecular complexity index is 3370. The van der Waals surface area contributed by atoms with E-state index in [-0.39, 0.29) is 10.8 Å². The fourth-order valence-electron chi connectivity index (χ4n) is 10.8. The molecule has 0 fully saturated rings. The van der Waals surface area contributed by atoms with Crippen molar-refractivity contribution in [2.24, 2.45) is 0 Å².